The van der Waals surface area contributed by atoms with Crippen molar-refractivity contribution < 1.29 is 13.6 Å². The van der Waals surface area contributed by atoms with Gasteiger partial charge in [-0.25, -0.2) is 8.78 Å². The van der Waals surface area contributed by atoms with E-state index >= 15 is 0 Å². The van der Waals surface area contributed by atoms with E-state index in [1.54, 1.807) is 11.8 Å². The molecule has 1 saturated heterocycles. The highest BCUT2D eigenvalue weighted by Gasteiger charge is 2.22. The molecule has 0 aliphatic carbocycles. The van der Waals surface area contributed by atoms with E-state index in [9.17, 15) is 13.6 Å². The number of nitrogens with one attached hydrogen (secondary N) is 1. The van der Waals surface area contributed by atoms with Gasteiger partial charge >= 0.3 is 0 Å². The summed E-state index contributed by atoms with van der Waals surface area (Å²) in [5, 5.41) is 3.16. The first-order chi connectivity index (χ1) is 11.0. The van der Waals surface area contributed by atoms with E-state index in [0.717, 1.165) is 36.5 Å². The molecule has 1 aliphatic heterocycles. The van der Waals surface area contributed by atoms with Crippen molar-refractivity contribution in [2.45, 2.75) is 25.8 Å². The zero-order chi connectivity index (χ0) is 16.4. The summed E-state index contributed by atoms with van der Waals surface area (Å²) in [5.74, 6) is -0.796. The molecule has 0 radical (unpaired) electrons. The van der Waals surface area contributed by atoms with Gasteiger partial charge in [0.15, 0.2) is 0 Å². The predicted octanol–water partition coefficient (Wildman–Crippen LogP) is 4.26. The van der Waals surface area contributed by atoms with Crippen LogP contribution in [0.15, 0.2) is 42.5 Å². The number of carbonyl (C=O) groups excluding carboxylic acids is 1. The Morgan fingerprint density at radius 3 is 2.74 bits per heavy atom. The second-order valence-corrected chi connectivity index (χ2v) is 5.73. The molecule has 1 unspecified atom stereocenters. The normalized spacial score (nSPS) is 15.8. The van der Waals surface area contributed by atoms with Crippen LogP contribution in [0.1, 0.15) is 31.4 Å². The van der Waals surface area contributed by atoms with Gasteiger partial charge in [0.05, 0.1) is 6.04 Å². The fourth-order valence-electron chi connectivity index (χ4n) is 2.86. The van der Waals surface area contributed by atoms with Crippen molar-refractivity contribution in [3.05, 3.63) is 59.7 Å². The molecule has 0 aromatic heterocycles. The quantitative estimate of drug-likeness (QED) is 0.914. The minimum Gasteiger partial charge on any atom is -0.378 e. The Morgan fingerprint density at radius 2 is 2.00 bits per heavy atom. The zero-order valence-corrected chi connectivity index (χ0v) is 12.9. The van der Waals surface area contributed by atoms with Crippen LogP contribution in [0.3, 0.4) is 0 Å². The maximum Gasteiger partial charge on any atom is 0.227 e. The number of anilines is 2. The van der Waals surface area contributed by atoms with E-state index in [0.29, 0.717) is 6.42 Å². The lowest BCUT2D eigenvalue weighted by Gasteiger charge is -2.20. The molecular weight excluding hydrogens is 298 g/mol. The van der Waals surface area contributed by atoms with Gasteiger partial charge in [-0.3, -0.25) is 4.79 Å². The van der Waals surface area contributed by atoms with Crippen molar-refractivity contribution in [2.24, 2.45) is 0 Å². The molecule has 2 aromatic rings. The van der Waals surface area contributed by atoms with Crippen molar-refractivity contribution in [3.63, 3.8) is 0 Å². The lowest BCUT2D eigenvalue weighted by Crippen LogP contribution is -2.23. The average Bonchev–Trinajstić information content (AvgIpc) is 2.96. The van der Waals surface area contributed by atoms with Gasteiger partial charge in [0.2, 0.25) is 5.91 Å². The Morgan fingerprint density at radius 1 is 1.17 bits per heavy atom. The molecule has 2 aromatic carbocycles. The molecule has 3 nitrogen and oxygen atoms in total. The van der Waals surface area contributed by atoms with Crippen molar-refractivity contribution in [1.29, 1.82) is 0 Å². The van der Waals surface area contributed by atoms with Crippen LogP contribution in [-0.2, 0) is 4.79 Å². The first-order valence-electron chi connectivity index (χ1n) is 7.66. The molecule has 1 fully saturated rings. The summed E-state index contributed by atoms with van der Waals surface area (Å²) in [7, 11) is 0. The lowest BCUT2D eigenvalue weighted by atomic mass is 10.1. The van der Waals surface area contributed by atoms with Crippen molar-refractivity contribution in [3.8, 4) is 0 Å². The van der Waals surface area contributed by atoms with Crippen LogP contribution in [-0.4, -0.2) is 12.5 Å². The monoisotopic (exact) mass is 316 g/mol. The highest BCUT2D eigenvalue weighted by molar-refractivity contribution is 5.95. The molecule has 1 heterocycles. The second-order valence-electron chi connectivity index (χ2n) is 5.73. The van der Waals surface area contributed by atoms with Gasteiger partial charge in [0.1, 0.15) is 11.6 Å². The van der Waals surface area contributed by atoms with Gasteiger partial charge in [-0.2, -0.15) is 0 Å². The number of halogens is 2. The van der Waals surface area contributed by atoms with Crippen molar-refractivity contribution >= 4 is 17.3 Å². The topological polar surface area (TPSA) is 32.3 Å². The summed E-state index contributed by atoms with van der Waals surface area (Å²) >= 11 is 0. The summed E-state index contributed by atoms with van der Waals surface area (Å²) < 4.78 is 27.2. The highest BCUT2D eigenvalue weighted by Crippen LogP contribution is 2.27. The maximum absolute atomic E-state index is 13.8. The maximum atomic E-state index is 13.8. The number of rotatable bonds is 4. The van der Waals surface area contributed by atoms with Crippen molar-refractivity contribution in [1.82, 2.24) is 0 Å². The van der Waals surface area contributed by atoms with Crippen LogP contribution in [0.2, 0.25) is 0 Å². The first-order valence-corrected chi connectivity index (χ1v) is 7.66. The number of amides is 1. The Hall–Kier alpha value is -2.43. The van der Waals surface area contributed by atoms with Crippen LogP contribution in [0, 0.1) is 11.6 Å². The van der Waals surface area contributed by atoms with Crippen LogP contribution >= 0.6 is 0 Å². The third kappa shape index (κ3) is 3.33. The Kier molecular flexibility index (Phi) is 4.28. The molecule has 0 saturated carbocycles. The summed E-state index contributed by atoms with van der Waals surface area (Å²) in [6.07, 6.45) is 1.43. The van der Waals surface area contributed by atoms with E-state index in [-0.39, 0.29) is 11.5 Å². The number of carbonyl (C=O) groups is 1. The molecule has 3 rings (SSSR count). The molecule has 1 N–H and O–H groups in total. The Bertz CT molecular complexity index is 733. The summed E-state index contributed by atoms with van der Waals surface area (Å²) in [6.45, 7) is 2.49. The zero-order valence-electron chi connectivity index (χ0n) is 12.9. The Labute approximate surface area is 133 Å². The number of hydrogen-bond donors (Lipinski definition) is 1. The average molecular weight is 316 g/mol. The molecule has 23 heavy (non-hydrogen) atoms. The van der Waals surface area contributed by atoms with Gasteiger partial charge in [-0.05, 0) is 49.7 Å². The third-order valence-electron chi connectivity index (χ3n) is 4.04. The van der Waals surface area contributed by atoms with E-state index in [1.165, 1.54) is 6.07 Å². The van der Waals surface area contributed by atoms with Gasteiger partial charge in [0, 0.05) is 29.9 Å². The van der Waals surface area contributed by atoms with E-state index in [4.69, 9.17) is 0 Å². The van der Waals surface area contributed by atoms with Gasteiger partial charge in [-0.15, -0.1) is 0 Å². The fourth-order valence-corrected chi connectivity index (χ4v) is 2.86. The predicted molar refractivity (Wildman–Crippen MR) is 86.4 cm³/mol. The minimum absolute atomic E-state index is 0.117. The second kappa shape index (κ2) is 6.36. The SMILES string of the molecule is CC(Nc1cccc(N2CCCC2=O)c1)c1cc(F)ccc1F. The van der Waals surface area contributed by atoms with Gasteiger partial charge in [0.25, 0.3) is 0 Å². The number of hydrogen-bond acceptors (Lipinski definition) is 2. The van der Waals surface area contributed by atoms with Crippen LogP contribution < -0.4 is 10.2 Å². The van der Waals surface area contributed by atoms with E-state index in [1.807, 2.05) is 24.3 Å². The minimum atomic E-state index is -0.466. The molecule has 1 aliphatic rings. The standard InChI is InChI=1S/C18H18F2N2O/c1-12(16-10-13(19)7-8-17(16)20)21-14-4-2-5-15(11-14)22-9-3-6-18(22)23/h2,4-5,7-8,10-12,21H,3,6,9H2,1H3. The number of benzene rings is 2. The largest absolute Gasteiger partial charge is 0.378 e. The Balaban J connectivity index is 1.80. The lowest BCUT2D eigenvalue weighted by molar-refractivity contribution is -0.117. The van der Waals surface area contributed by atoms with E-state index in [2.05, 4.69) is 5.32 Å². The molecular formula is C18H18F2N2O. The third-order valence-corrected chi connectivity index (χ3v) is 4.04. The fraction of sp³-hybridized carbons (Fsp3) is 0.278. The summed E-state index contributed by atoms with van der Waals surface area (Å²) in [6, 6.07) is 10.5. The van der Waals surface area contributed by atoms with Crippen molar-refractivity contribution in [2.75, 3.05) is 16.8 Å². The molecule has 0 spiro atoms. The van der Waals surface area contributed by atoms with E-state index < -0.39 is 17.7 Å². The molecule has 5 heteroatoms. The molecule has 1 amide bonds. The summed E-state index contributed by atoms with van der Waals surface area (Å²) in [5.41, 5.74) is 1.86. The number of nitrogens with zero attached hydrogens (tertiary/aromatic N) is 1. The first kappa shape index (κ1) is 15.5. The van der Waals surface area contributed by atoms with Gasteiger partial charge in [-0.1, -0.05) is 6.07 Å². The molecule has 0 bridgehead atoms. The molecule has 120 valence electrons. The van der Waals surface area contributed by atoms with Crippen LogP contribution in [0.5, 0.6) is 0 Å². The van der Waals surface area contributed by atoms with Gasteiger partial charge < -0.3 is 10.2 Å². The van der Waals surface area contributed by atoms with Crippen LogP contribution in [0.25, 0.3) is 0 Å². The highest BCUT2D eigenvalue weighted by atomic mass is 19.1. The summed E-state index contributed by atoms with van der Waals surface area (Å²) in [4.78, 5) is 13.6. The van der Waals surface area contributed by atoms with Crippen LogP contribution in [0.4, 0.5) is 20.2 Å². The smallest absolute Gasteiger partial charge is 0.227 e. The molecule has 1 atom stereocenters.